The van der Waals surface area contributed by atoms with Gasteiger partial charge < -0.3 is 20.1 Å². The Morgan fingerprint density at radius 2 is 1.88 bits per heavy atom. The number of carboxylic acid groups (broad SMARTS) is 1. The van der Waals surface area contributed by atoms with Gasteiger partial charge in [-0.05, 0) is 38.1 Å². The van der Waals surface area contributed by atoms with Crippen molar-refractivity contribution in [2.24, 2.45) is 0 Å². The molecule has 1 amide bonds. The Morgan fingerprint density at radius 3 is 2.38 bits per heavy atom. The summed E-state index contributed by atoms with van der Waals surface area (Å²) < 4.78 is 5.62. The van der Waals surface area contributed by atoms with Crippen molar-refractivity contribution >= 4 is 17.6 Å². The van der Waals surface area contributed by atoms with Crippen LogP contribution in [-0.4, -0.2) is 47.2 Å². The van der Waals surface area contributed by atoms with Crippen LogP contribution in [0.15, 0.2) is 36.0 Å². The average Bonchev–Trinajstić information content (AvgIpc) is 2.52. The molecule has 2 unspecified atom stereocenters. The fourth-order valence-electron chi connectivity index (χ4n) is 2.54. The van der Waals surface area contributed by atoms with Crippen LogP contribution in [0.25, 0.3) is 0 Å². The van der Waals surface area contributed by atoms with Crippen LogP contribution < -0.4 is 5.32 Å². The minimum Gasteiger partial charge on any atom is -0.478 e. The third-order valence-electron chi connectivity index (χ3n) is 3.51. The first-order valence-corrected chi connectivity index (χ1v) is 7.55. The predicted molar refractivity (Wildman–Crippen MR) is 87.3 cm³/mol. The molecule has 1 fully saturated rings. The zero-order chi connectivity index (χ0) is 17.7. The smallest absolute Gasteiger partial charge is 0.335 e. The van der Waals surface area contributed by atoms with Gasteiger partial charge in [-0.1, -0.05) is 0 Å². The molecule has 0 bridgehead atoms. The lowest BCUT2D eigenvalue weighted by Gasteiger charge is -2.34. The van der Waals surface area contributed by atoms with Crippen LogP contribution in [0.2, 0.25) is 0 Å². The van der Waals surface area contributed by atoms with Crippen molar-refractivity contribution in [2.45, 2.75) is 26.1 Å². The Morgan fingerprint density at radius 1 is 1.29 bits per heavy atom. The number of ether oxygens (including phenoxy) is 1. The number of rotatable bonds is 4. The molecule has 1 aliphatic heterocycles. The van der Waals surface area contributed by atoms with Crippen LogP contribution >= 0.6 is 0 Å². The Hall–Kier alpha value is -2.85. The number of hydrogen-bond acceptors (Lipinski definition) is 5. The fourth-order valence-corrected chi connectivity index (χ4v) is 2.54. The Kier molecular flexibility index (Phi) is 5.55. The van der Waals surface area contributed by atoms with Crippen LogP contribution in [0.3, 0.4) is 0 Å². The van der Waals surface area contributed by atoms with Crippen molar-refractivity contribution in [1.82, 2.24) is 4.90 Å². The summed E-state index contributed by atoms with van der Waals surface area (Å²) in [5.74, 6) is -1.58. The maximum absolute atomic E-state index is 12.2. The molecule has 7 nitrogen and oxygen atoms in total. The number of anilines is 1. The van der Waals surface area contributed by atoms with Gasteiger partial charge in [0.15, 0.2) is 0 Å². The average molecular weight is 329 g/mol. The third kappa shape index (κ3) is 4.57. The van der Waals surface area contributed by atoms with Gasteiger partial charge in [-0.25, -0.2) is 4.79 Å². The second-order valence-corrected chi connectivity index (χ2v) is 5.70. The largest absolute Gasteiger partial charge is 0.478 e. The van der Waals surface area contributed by atoms with Gasteiger partial charge in [-0.3, -0.25) is 4.79 Å². The molecule has 0 aromatic heterocycles. The summed E-state index contributed by atoms with van der Waals surface area (Å²) in [6.07, 6.45) is 1.59. The van der Waals surface area contributed by atoms with Crippen molar-refractivity contribution in [3.8, 4) is 6.07 Å². The molecule has 1 aliphatic rings. The maximum Gasteiger partial charge on any atom is 0.335 e. The van der Waals surface area contributed by atoms with Crippen LogP contribution in [0, 0.1) is 11.3 Å². The standard InChI is InChI=1S/C17H19N3O4/c1-11-8-20(9-12(2)24-11)10-14(7-18)16(21)19-15-5-3-13(4-6-15)17(22)23/h3-6,10-12H,8-9H2,1-2H3,(H,19,21)(H,22,23)/b14-10-. The first-order chi connectivity index (χ1) is 11.4. The molecule has 0 radical (unpaired) electrons. The Labute approximate surface area is 140 Å². The van der Waals surface area contributed by atoms with E-state index in [1.807, 2.05) is 24.8 Å². The number of amides is 1. The summed E-state index contributed by atoms with van der Waals surface area (Å²) in [7, 11) is 0. The van der Waals surface area contributed by atoms with Crippen molar-refractivity contribution in [1.29, 1.82) is 5.26 Å². The van der Waals surface area contributed by atoms with E-state index >= 15 is 0 Å². The lowest BCUT2D eigenvalue weighted by molar-refractivity contribution is -0.112. The fraction of sp³-hybridized carbons (Fsp3) is 0.353. The minimum absolute atomic E-state index is 0.0152. The summed E-state index contributed by atoms with van der Waals surface area (Å²) in [6, 6.07) is 7.64. The Bertz CT molecular complexity index is 681. The van der Waals surface area contributed by atoms with E-state index in [4.69, 9.17) is 9.84 Å². The van der Waals surface area contributed by atoms with Crippen molar-refractivity contribution in [2.75, 3.05) is 18.4 Å². The summed E-state index contributed by atoms with van der Waals surface area (Å²) in [4.78, 5) is 24.9. The number of morpholine rings is 1. The summed E-state index contributed by atoms with van der Waals surface area (Å²) in [5.41, 5.74) is 0.536. The molecular formula is C17H19N3O4. The second-order valence-electron chi connectivity index (χ2n) is 5.70. The van der Waals surface area contributed by atoms with Gasteiger partial charge in [-0.15, -0.1) is 0 Å². The van der Waals surface area contributed by atoms with Crippen molar-refractivity contribution in [3.05, 3.63) is 41.6 Å². The number of carboxylic acids is 1. The molecule has 1 heterocycles. The molecule has 24 heavy (non-hydrogen) atoms. The zero-order valence-corrected chi connectivity index (χ0v) is 13.5. The zero-order valence-electron chi connectivity index (χ0n) is 13.5. The highest BCUT2D eigenvalue weighted by atomic mass is 16.5. The molecule has 2 rings (SSSR count). The van der Waals surface area contributed by atoms with E-state index < -0.39 is 11.9 Å². The van der Waals surface area contributed by atoms with Gasteiger partial charge >= 0.3 is 5.97 Å². The van der Waals surface area contributed by atoms with Crippen molar-refractivity contribution < 1.29 is 19.4 Å². The monoisotopic (exact) mass is 329 g/mol. The molecular weight excluding hydrogens is 310 g/mol. The van der Waals surface area contributed by atoms with Gasteiger partial charge in [0.2, 0.25) is 0 Å². The maximum atomic E-state index is 12.2. The highest BCUT2D eigenvalue weighted by Crippen LogP contribution is 2.14. The quantitative estimate of drug-likeness (QED) is 0.645. The molecule has 1 saturated heterocycles. The highest BCUT2D eigenvalue weighted by Gasteiger charge is 2.21. The lowest BCUT2D eigenvalue weighted by atomic mass is 10.2. The number of benzene rings is 1. The molecule has 2 N–H and O–H groups in total. The van der Waals surface area contributed by atoms with E-state index in [1.165, 1.54) is 30.5 Å². The minimum atomic E-state index is -1.04. The molecule has 2 atom stereocenters. The number of nitrogens with zero attached hydrogens (tertiary/aromatic N) is 2. The third-order valence-corrected chi connectivity index (χ3v) is 3.51. The second kappa shape index (κ2) is 7.62. The predicted octanol–water partition coefficient (Wildman–Crippen LogP) is 1.84. The Balaban J connectivity index is 2.07. The number of nitrogens with one attached hydrogen (secondary N) is 1. The SMILES string of the molecule is CC1CN(/C=C(/C#N)C(=O)Nc2ccc(C(=O)O)cc2)CC(C)O1. The summed E-state index contributed by atoms with van der Waals surface area (Å²) >= 11 is 0. The summed E-state index contributed by atoms with van der Waals surface area (Å²) in [5, 5.41) is 20.7. The van der Waals surface area contributed by atoms with Crippen LogP contribution in [-0.2, 0) is 9.53 Å². The number of nitriles is 1. The van der Waals surface area contributed by atoms with Gasteiger partial charge in [0.1, 0.15) is 11.6 Å². The molecule has 7 heteroatoms. The first kappa shape index (κ1) is 17.5. The van der Waals surface area contributed by atoms with E-state index in [0.717, 1.165) is 0 Å². The molecule has 1 aromatic rings. The number of carbonyl (C=O) groups excluding carboxylic acids is 1. The number of carbonyl (C=O) groups is 2. The van der Waals surface area contributed by atoms with E-state index in [1.54, 1.807) is 0 Å². The van der Waals surface area contributed by atoms with Gasteiger partial charge in [0.05, 0.1) is 17.8 Å². The lowest BCUT2D eigenvalue weighted by Crippen LogP contribution is -2.43. The van der Waals surface area contributed by atoms with E-state index in [-0.39, 0.29) is 23.3 Å². The number of aromatic carboxylic acids is 1. The molecule has 1 aromatic carbocycles. The molecule has 0 saturated carbocycles. The first-order valence-electron chi connectivity index (χ1n) is 7.55. The van der Waals surface area contributed by atoms with Crippen LogP contribution in [0.5, 0.6) is 0 Å². The normalized spacial score (nSPS) is 21.0. The van der Waals surface area contributed by atoms with E-state index in [0.29, 0.717) is 18.8 Å². The van der Waals surface area contributed by atoms with Crippen molar-refractivity contribution in [3.63, 3.8) is 0 Å². The molecule has 0 spiro atoms. The molecule has 126 valence electrons. The topological polar surface area (TPSA) is 103 Å². The summed E-state index contributed by atoms with van der Waals surface area (Å²) in [6.45, 7) is 5.09. The number of hydrogen-bond donors (Lipinski definition) is 2. The van der Waals surface area contributed by atoms with Gasteiger partial charge in [0.25, 0.3) is 5.91 Å². The van der Waals surface area contributed by atoms with Crippen LogP contribution in [0.1, 0.15) is 24.2 Å². The van der Waals surface area contributed by atoms with Gasteiger partial charge in [-0.2, -0.15) is 5.26 Å². The van der Waals surface area contributed by atoms with Gasteiger partial charge in [0, 0.05) is 25.0 Å². The van der Waals surface area contributed by atoms with Crippen LogP contribution in [0.4, 0.5) is 5.69 Å². The highest BCUT2D eigenvalue weighted by molar-refractivity contribution is 6.06. The van der Waals surface area contributed by atoms with E-state index in [9.17, 15) is 14.9 Å². The molecule has 0 aliphatic carbocycles. The van der Waals surface area contributed by atoms with E-state index in [2.05, 4.69) is 5.32 Å².